The number of nitrogens with zero attached hydrogens (tertiary/aromatic N) is 1. The van der Waals surface area contributed by atoms with Crippen LogP contribution in [-0.4, -0.2) is 13.4 Å². The summed E-state index contributed by atoms with van der Waals surface area (Å²) >= 11 is 3.09. The van der Waals surface area contributed by atoms with E-state index in [1.54, 1.807) is 19.1 Å². The minimum atomic E-state index is -3.89. The predicted molar refractivity (Wildman–Crippen MR) is 73.9 cm³/mol. The molecule has 100 valence electrons. The van der Waals surface area contributed by atoms with Crippen LogP contribution in [0.15, 0.2) is 45.9 Å². The van der Waals surface area contributed by atoms with Crippen molar-refractivity contribution < 1.29 is 12.8 Å². The van der Waals surface area contributed by atoms with E-state index in [0.717, 1.165) is 6.07 Å². The molecule has 1 aromatic carbocycles. The van der Waals surface area contributed by atoms with Gasteiger partial charge in [-0.15, -0.1) is 0 Å². The zero-order valence-corrected chi connectivity index (χ0v) is 12.3. The molecule has 0 unspecified atom stereocenters. The summed E-state index contributed by atoms with van der Waals surface area (Å²) in [6, 6.07) is 6.89. The Morgan fingerprint density at radius 1 is 1.32 bits per heavy atom. The molecule has 0 saturated carbocycles. The Kier molecular flexibility index (Phi) is 3.86. The van der Waals surface area contributed by atoms with Crippen LogP contribution in [0.3, 0.4) is 0 Å². The predicted octanol–water partition coefficient (Wildman–Crippen LogP) is 3.09. The van der Waals surface area contributed by atoms with Gasteiger partial charge in [0.2, 0.25) is 0 Å². The van der Waals surface area contributed by atoms with E-state index in [0.29, 0.717) is 5.56 Å². The zero-order valence-electron chi connectivity index (χ0n) is 9.89. The van der Waals surface area contributed by atoms with Crippen molar-refractivity contribution in [1.29, 1.82) is 0 Å². The smallest absolute Gasteiger partial charge is 0.263 e. The molecule has 0 aliphatic carbocycles. The fraction of sp³-hybridized carbons (Fsp3) is 0.0833. The largest absolute Gasteiger partial charge is 0.264 e. The molecule has 2 rings (SSSR count). The maximum atomic E-state index is 13.2. The van der Waals surface area contributed by atoms with Crippen LogP contribution in [0, 0.1) is 12.7 Å². The van der Waals surface area contributed by atoms with Crippen LogP contribution >= 0.6 is 15.9 Å². The molecule has 0 radical (unpaired) electrons. The first-order valence-electron chi connectivity index (χ1n) is 5.29. The van der Waals surface area contributed by atoms with E-state index in [1.165, 1.54) is 18.3 Å². The number of aromatic nitrogens is 1. The molecule has 7 heteroatoms. The molecule has 0 aliphatic heterocycles. The Morgan fingerprint density at radius 2 is 2.05 bits per heavy atom. The van der Waals surface area contributed by atoms with Gasteiger partial charge in [-0.2, -0.15) is 0 Å². The fourth-order valence-electron chi connectivity index (χ4n) is 1.46. The van der Waals surface area contributed by atoms with Gasteiger partial charge in [-0.25, -0.2) is 17.8 Å². The van der Waals surface area contributed by atoms with Crippen molar-refractivity contribution in [2.45, 2.75) is 11.8 Å². The molecule has 19 heavy (non-hydrogen) atoms. The van der Waals surface area contributed by atoms with Crippen molar-refractivity contribution in [3.8, 4) is 0 Å². The number of halogens is 2. The molecule has 0 saturated heterocycles. The topological polar surface area (TPSA) is 59.1 Å². The molecular weight excluding hydrogens is 335 g/mol. The second-order valence-corrected chi connectivity index (χ2v) is 6.35. The number of pyridine rings is 1. The second kappa shape index (κ2) is 5.26. The average Bonchev–Trinajstić information content (AvgIpc) is 2.35. The van der Waals surface area contributed by atoms with Crippen molar-refractivity contribution in [2.75, 3.05) is 4.72 Å². The molecule has 0 amide bonds. The number of benzene rings is 1. The van der Waals surface area contributed by atoms with Gasteiger partial charge in [-0.05, 0) is 52.7 Å². The Hall–Kier alpha value is -1.47. The average molecular weight is 345 g/mol. The molecule has 0 atom stereocenters. The van der Waals surface area contributed by atoms with Gasteiger partial charge in [0.25, 0.3) is 10.0 Å². The van der Waals surface area contributed by atoms with Crippen LogP contribution in [0.2, 0.25) is 0 Å². The Morgan fingerprint density at radius 3 is 2.74 bits per heavy atom. The van der Waals surface area contributed by atoms with E-state index < -0.39 is 15.8 Å². The van der Waals surface area contributed by atoms with Gasteiger partial charge in [-0.3, -0.25) is 4.72 Å². The molecule has 1 N–H and O–H groups in total. The molecule has 1 heterocycles. The number of sulfonamides is 1. The van der Waals surface area contributed by atoms with E-state index in [4.69, 9.17) is 0 Å². The summed E-state index contributed by atoms with van der Waals surface area (Å²) in [5.41, 5.74) is 0.679. The molecule has 0 fully saturated rings. The Labute approximate surface area is 118 Å². The minimum Gasteiger partial charge on any atom is -0.263 e. The van der Waals surface area contributed by atoms with E-state index in [9.17, 15) is 12.8 Å². The van der Waals surface area contributed by atoms with Crippen molar-refractivity contribution in [1.82, 2.24) is 4.98 Å². The summed E-state index contributed by atoms with van der Waals surface area (Å²) in [6.07, 6.45) is 1.48. The van der Waals surface area contributed by atoms with Crippen molar-refractivity contribution in [2.24, 2.45) is 0 Å². The van der Waals surface area contributed by atoms with Gasteiger partial charge in [0, 0.05) is 10.7 Å². The lowest BCUT2D eigenvalue weighted by molar-refractivity contribution is 0.594. The first-order chi connectivity index (χ1) is 8.90. The monoisotopic (exact) mass is 344 g/mol. The number of hydrogen-bond donors (Lipinski definition) is 1. The van der Waals surface area contributed by atoms with Gasteiger partial charge in [-0.1, -0.05) is 6.07 Å². The summed E-state index contributed by atoms with van der Waals surface area (Å²) in [5.74, 6) is -0.403. The van der Waals surface area contributed by atoms with Gasteiger partial charge < -0.3 is 0 Å². The lowest BCUT2D eigenvalue weighted by atomic mass is 10.3. The Balaban J connectivity index is 2.44. The number of aryl methyl sites for hydroxylation is 1. The summed E-state index contributed by atoms with van der Waals surface area (Å²) in [5, 5.41) is 0. The molecule has 0 bridgehead atoms. The third-order valence-corrected chi connectivity index (χ3v) is 4.76. The number of anilines is 1. The van der Waals surface area contributed by atoms with Gasteiger partial charge in [0.1, 0.15) is 16.5 Å². The molecule has 1 aromatic heterocycles. The number of nitrogens with one attached hydrogen (secondary N) is 1. The lowest BCUT2D eigenvalue weighted by Gasteiger charge is -2.10. The first-order valence-corrected chi connectivity index (χ1v) is 7.57. The van der Waals surface area contributed by atoms with Crippen LogP contribution in [0.25, 0.3) is 0 Å². The fourth-order valence-corrected chi connectivity index (χ4v) is 3.51. The molecule has 0 spiro atoms. The van der Waals surface area contributed by atoms with Crippen LogP contribution < -0.4 is 4.72 Å². The SMILES string of the molecule is Cc1cccnc1NS(=O)(=O)c1cc(F)ccc1Br. The minimum absolute atomic E-state index is 0.169. The lowest BCUT2D eigenvalue weighted by Crippen LogP contribution is -2.15. The third-order valence-electron chi connectivity index (χ3n) is 2.42. The van der Waals surface area contributed by atoms with E-state index >= 15 is 0 Å². The van der Waals surface area contributed by atoms with Crippen LogP contribution in [-0.2, 0) is 10.0 Å². The van der Waals surface area contributed by atoms with Gasteiger partial charge >= 0.3 is 0 Å². The highest BCUT2D eigenvalue weighted by atomic mass is 79.9. The van der Waals surface area contributed by atoms with Crippen molar-refractivity contribution in [3.05, 3.63) is 52.4 Å². The van der Waals surface area contributed by atoms with Crippen LogP contribution in [0.5, 0.6) is 0 Å². The van der Waals surface area contributed by atoms with Gasteiger partial charge in [0.05, 0.1) is 0 Å². The maximum Gasteiger partial charge on any atom is 0.264 e. The van der Waals surface area contributed by atoms with E-state index in [-0.39, 0.29) is 15.2 Å². The number of rotatable bonds is 3. The Bertz CT molecular complexity index is 719. The summed E-state index contributed by atoms with van der Waals surface area (Å²) in [6.45, 7) is 1.73. The van der Waals surface area contributed by atoms with Crippen molar-refractivity contribution in [3.63, 3.8) is 0 Å². The third kappa shape index (κ3) is 3.10. The zero-order chi connectivity index (χ0) is 14.0. The maximum absolute atomic E-state index is 13.2. The number of hydrogen-bond acceptors (Lipinski definition) is 3. The highest BCUT2D eigenvalue weighted by Gasteiger charge is 2.19. The summed E-state index contributed by atoms with van der Waals surface area (Å²) in [7, 11) is -3.89. The quantitative estimate of drug-likeness (QED) is 0.930. The van der Waals surface area contributed by atoms with Crippen LogP contribution in [0.4, 0.5) is 10.2 Å². The second-order valence-electron chi connectivity index (χ2n) is 3.85. The molecule has 2 aromatic rings. The molecular formula is C12H10BrFN2O2S. The van der Waals surface area contributed by atoms with Crippen molar-refractivity contribution >= 4 is 31.8 Å². The molecule has 0 aliphatic rings. The van der Waals surface area contributed by atoms with Gasteiger partial charge in [0.15, 0.2) is 0 Å². The summed E-state index contributed by atoms with van der Waals surface area (Å²) in [4.78, 5) is 3.77. The highest BCUT2D eigenvalue weighted by molar-refractivity contribution is 9.10. The van der Waals surface area contributed by atoms with E-state index in [2.05, 4.69) is 25.6 Å². The standard InChI is InChI=1S/C12H10BrFN2O2S/c1-8-3-2-6-15-12(8)16-19(17,18)11-7-9(14)4-5-10(11)13/h2-7H,1H3,(H,15,16). The van der Waals surface area contributed by atoms with Crippen LogP contribution in [0.1, 0.15) is 5.56 Å². The first kappa shape index (κ1) is 14.0. The summed E-state index contributed by atoms with van der Waals surface area (Å²) < 4.78 is 40.1. The normalized spacial score (nSPS) is 11.3. The van der Waals surface area contributed by atoms with E-state index in [1.807, 2.05) is 0 Å². The molecule has 4 nitrogen and oxygen atoms in total. The highest BCUT2D eigenvalue weighted by Crippen LogP contribution is 2.25.